The lowest BCUT2D eigenvalue weighted by molar-refractivity contribution is 0.479. The summed E-state index contributed by atoms with van der Waals surface area (Å²) in [4.78, 5) is 6.52. The van der Waals surface area contributed by atoms with Crippen molar-refractivity contribution in [2.45, 2.75) is 20.8 Å². The number of aliphatic imine (C=N–C) groups is 1. The quantitative estimate of drug-likeness (QED) is 0.625. The van der Waals surface area contributed by atoms with Crippen LogP contribution in [0, 0.1) is 18.3 Å². The lowest BCUT2D eigenvalue weighted by Gasteiger charge is -2.13. The molecule has 1 aromatic heterocycles. The third-order valence-corrected chi connectivity index (χ3v) is 3.30. The van der Waals surface area contributed by atoms with Gasteiger partial charge in [-0.05, 0) is 32.9 Å². The number of aromatic nitrogens is 2. The molecule has 2 rings (SSSR count). The van der Waals surface area contributed by atoms with Gasteiger partial charge in [0, 0.05) is 13.1 Å². The molecule has 5 nitrogen and oxygen atoms in total. The Morgan fingerprint density at radius 3 is 2.52 bits per heavy atom. The minimum atomic E-state index is 0.471. The third-order valence-electron chi connectivity index (χ3n) is 3.30. The average Bonchev–Trinajstić information content (AvgIpc) is 2.92. The Balaban J connectivity index is 2.42. The Morgan fingerprint density at radius 1 is 1.29 bits per heavy atom. The predicted octanol–water partition coefficient (Wildman–Crippen LogP) is 3.05. The van der Waals surface area contributed by atoms with E-state index >= 15 is 0 Å². The van der Waals surface area contributed by atoms with Crippen LogP contribution in [-0.2, 0) is 0 Å². The molecule has 0 aliphatic carbocycles. The van der Waals surface area contributed by atoms with E-state index in [-0.39, 0.29) is 0 Å². The summed E-state index contributed by atoms with van der Waals surface area (Å²) in [5.41, 5.74) is 2.55. The average molecular weight is 281 g/mol. The fourth-order valence-corrected chi connectivity index (χ4v) is 1.94. The second-order valence-corrected chi connectivity index (χ2v) is 4.71. The molecule has 0 radical (unpaired) electrons. The van der Waals surface area contributed by atoms with Crippen molar-refractivity contribution in [2.75, 3.05) is 13.1 Å². The van der Waals surface area contributed by atoms with E-state index in [1.165, 1.54) is 5.56 Å². The van der Waals surface area contributed by atoms with Crippen LogP contribution in [0.25, 0.3) is 5.69 Å². The predicted molar refractivity (Wildman–Crippen MR) is 84.1 cm³/mol. The van der Waals surface area contributed by atoms with Gasteiger partial charge in [-0.25, -0.2) is 9.67 Å². The number of rotatable bonds is 5. The third kappa shape index (κ3) is 3.29. The molecule has 0 aliphatic heterocycles. The van der Waals surface area contributed by atoms with Crippen molar-refractivity contribution in [1.82, 2.24) is 14.7 Å². The summed E-state index contributed by atoms with van der Waals surface area (Å²) in [6, 6.07) is 10.1. The monoisotopic (exact) mass is 281 g/mol. The van der Waals surface area contributed by atoms with Gasteiger partial charge in [-0.1, -0.05) is 17.7 Å². The standard InChI is InChI=1S/C16H19N5/c1-4-20(5-2)12-18-16-14(10-17)11-19-21(16)15-8-6-13(3)7-9-15/h6-9,11-12H,4-5H2,1-3H3/b18-12+. The fraction of sp³-hybridized carbons (Fsp3) is 0.312. The number of hydrogen-bond acceptors (Lipinski definition) is 3. The summed E-state index contributed by atoms with van der Waals surface area (Å²) in [5.74, 6) is 0.563. The van der Waals surface area contributed by atoms with Crippen molar-refractivity contribution in [1.29, 1.82) is 5.26 Å². The van der Waals surface area contributed by atoms with Gasteiger partial charge in [-0.3, -0.25) is 0 Å². The maximum absolute atomic E-state index is 9.21. The van der Waals surface area contributed by atoms with Crippen LogP contribution >= 0.6 is 0 Å². The van der Waals surface area contributed by atoms with Crippen molar-refractivity contribution in [3.63, 3.8) is 0 Å². The van der Waals surface area contributed by atoms with Gasteiger partial charge in [0.15, 0.2) is 5.82 Å². The van der Waals surface area contributed by atoms with Crippen LogP contribution in [0.1, 0.15) is 25.0 Å². The minimum Gasteiger partial charge on any atom is -0.363 e. The fourth-order valence-electron chi connectivity index (χ4n) is 1.94. The summed E-state index contributed by atoms with van der Waals surface area (Å²) in [6.45, 7) is 7.92. The van der Waals surface area contributed by atoms with E-state index in [1.807, 2.05) is 31.2 Å². The zero-order chi connectivity index (χ0) is 15.2. The SMILES string of the molecule is CCN(/C=N/c1c(C#N)cnn1-c1ccc(C)cc1)CC. The molecule has 1 heterocycles. The number of nitrogens with zero attached hydrogens (tertiary/aromatic N) is 5. The zero-order valence-electron chi connectivity index (χ0n) is 12.6. The van der Waals surface area contributed by atoms with Crippen LogP contribution in [0.4, 0.5) is 5.82 Å². The van der Waals surface area contributed by atoms with Crippen molar-refractivity contribution in [2.24, 2.45) is 4.99 Å². The summed E-state index contributed by atoms with van der Waals surface area (Å²) in [7, 11) is 0. The molecule has 0 bridgehead atoms. The Morgan fingerprint density at radius 2 is 1.95 bits per heavy atom. The molecule has 0 saturated carbocycles. The molecule has 0 fully saturated rings. The van der Waals surface area contributed by atoms with Gasteiger partial charge in [0.25, 0.3) is 0 Å². The van der Waals surface area contributed by atoms with Gasteiger partial charge in [0.2, 0.25) is 0 Å². The molecule has 0 atom stereocenters. The summed E-state index contributed by atoms with van der Waals surface area (Å²) in [5, 5.41) is 13.5. The number of hydrogen-bond donors (Lipinski definition) is 0. The van der Waals surface area contributed by atoms with E-state index in [0.29, 0.717) is 11.4 Å². The maximum atomic E-state index is 9.21. The lowest BCUT2D eigenvalue weighted by atomic mass is 10.2. The molecule has 108 valence electrons. The highest BCUT2D eigenvalue weighted by Gasteiger charge is 2.11. The molecular weight excluding hydrogens is 262 g/mol. The molecule has 0 amide bonds. The largest absolute Gasteiger partial charge is 0.363 e. The van der Waals surface area contributed by atoms with E-state index in [2.05, 4.69) is 34.9 Å². The van der Waals surface area contributed by atoms with E-state index in [4.69, 9.17) is 0 Å². The molecule has 1 aromatic carbocycles. The van der Waals surface area contributed by atoms with Gasteiger partial charge >= 0.3 is 0 Å². The van der Waals surface area contributed by atoms with Crippen molar-refractivity contribution in [3.05, 3.63) is 41.6 Å². The van der Waals surface area contributed by atoms with E-state index in [1.54, 1.807) is 17.2 Å². The zero-order valence-corrected chi connectivity index (χ0v) is 12.6. The van der Waals surface area contributed by atoms with Crippen LogP contribution in [0.3, 0.4) is 0 Å². The molecule has 0 N–H and O–H groups in total. The molecule has 21 heavy (non-hydrogen) atoms. The van der Waals surface area contributed by atoms with Crippen LogP contribution < -0.4 is 0 Å². The summed E-state index contributed by atoms with van der Waals surface area (Å²) in [6.07, 6.45) is 3.32. The van der Waals surface area contributed by atoms with Crippen LogP contribution in [0.2, 0.25) is 0 Å². The first-order valence-corrected chi connectivity index (χ1v) is 7.03. The molecule has 2 aromatic rings. The Hall–Kier alpha value is -2.61. The minimum absolute atomic E-state index is 0.471. The first-order chi connectivity index (χ1) is 10.2. The molecule has 5 heteroatoms. The van der Waals surface area contributed by atoms with E-state index in [9.17, 15) is 5.26 Å². The highest BCUT2D eigenvalue weighted by molar-refractivity contribution is 5.64. The molecule has 0 spiro atoms. The highest BCUT2D eigenvalue weighted by Crippen LogP contribution is 2.22. The second-order valence-electron chi connectivity index (χ2n) is 4.71. The van der Waals surface area contributed by atoms with Crippen molar-refractivity contribution >= 4 is 12.2 Å². The van der Waals surface area contributed by atoms with Gasteiger partial charge in [0.1, 0.15) is 11.6 Å². The summed E-state index contributed by atoms with van der Waals surface area (Å²) >= 11 is 0. The van der Waals surface area contributed by atoms with Gasteiger partial charge in [0.05, 0.1) is 18.2 Å². The lowest BCUT2D eigenvalue weighted by Crippen LogP contribution is -2.20. The van der Waals surface area contributed by atoms with E-state index in [0.717, 1.165) is 18.8 Å². The van der Waals surface area contributed by atoms with Crippen LogP contribution in [-0.4, -0.2) is 34.1 Å². The first-order valence-electron chi connectivity index (χ1n) is 7.03. The number of nitriles is 1. The van der Waals surface area contributed by atoms with Gasteiger partial charge in [-0.15, -0.1) is 0 Å². The molecular formula is C16H19N5. The van der Waals surface area contributed by atoms with Gasteiger partial charge < -0.3 is 4.90 Å². The second kappa shape index (κ2) is 6.71. The number of benzene rings is 1. The summed E-state index contributed by atoms with van der Waals surface area (Å²) < 4.78 is 1.69. The van der Waals surface area contributed by atoms with Crippen LogP contribution in [0.5, 0.6) is 0 Å². The Kier molecular flexibility index (Phi) is 4.72. The van der Waals surface area contributed by atoms with Gasteiger partial charge in [-0.2, -0.15) is 10.4 Å². The first kappa shape index (κ1) is 14.8. The maximum Gasteiger partial charge on any atom is 0.175 e. The van der Waals surface area contributed by atoms with Crippen LogP contribution in [0.15, 0.2) is 35.5 Å². The molecule has 0 unspecified atom stereocenters. The van der Waals surface area contributed by atoms with E-state index < -0.39 is 0 Å². The molecule has 0 aliphatic rings. The smallest absolute Gasteiger partial charge is 0.175 e. The normalized spacial score (nSPS) is 10.8. The number of aryl methyl sites for hydroxylation is 1. The highest BCUT2D eigenvalue weighted by atomic mass is 15.3. The van der Waals surface area contributed by atoms with Crippen molar-refractivity contribution < 1.29 is 0 Å². The Bertz CT molecular complexity index is 657. The Labute approximate surface area is 125 Å². The topological polar surface area (TPSA) is 57.2 Å². The molecule has 0 saturated heterocycles. The van der Waals surface area contributed by atoms with Crippen molar-refractivity contribution in [3.8, 4) is 11.8 Å².